The molecule has 0 spiro atoms. The van der Waals surface area contributed by atoms with Crippen molar-refractivity contribution in [2.75, 3.05) is 25.5 Å². The van der Waals surface area contributed by atoms with Gasteiger partial charge in [0.05, 0.1) is 24.4 Å². The van der Waals surface area contributed by atoms with E-state index in [2.05, 4.69) is 11.8 Å². The molecular formula is C16H21N3O. The molecule has 1 aliphatic heterocycles. The summed E-state index contributed by atoms with van der Waals surface area (Å²) in [5.74, 6) is 0. The fourth-order valence-corrected chi connectivity index (χ4v) is 2.82. The smallest absolute Gasteiger partial charge is 0.0726 e. The zero-order chi connectivity index (χ0) is 13.9. The number of aromatic nitrogens is 1. The van der Waals surface area contributed by atoms with Gasteiger partial charge in [-0.2, -0.15) is 0 Å². The number of hydrogen-bond acceptors (Lipinski definition) is 4. The maximum absolute atomic E-state index is 6.15. The number of pyridine rings is 1. The lowest BCUT2D eigenvalue weighted by Crippen LogP contribution is -2.44. The van der Waals surface area contributed by atoms with Gasteiger partial charge in [0.25, 0.3) is 0 Å². The van der Waals surface area contributed by atoms with E-state index in [1.165, 1.54) is 0 Å². The van der Waals surface area contributed by atoms with Gasteiger partial charge in [-0.15, -0.1) is 0 Å². The summed E-state index contributed by atoms with van der Waals surface area (Å²) in [6.07, 6.45) is 1.10. The predicted octanol–water partition coefficient (Wildman–Crippen LogP) is 2.43. The van der Waals surface area contributed by atoms with Crippen LogP contribution in [0.15, 0.2) is 30.3 Å². The minimum atomic E-state index is 0.484. The Hall–Kier alpha value is -1.65. The molecule has 2 N–H and O–H groups in total. The highest BCUT2D eigenvalue weighted by Crippen LogP contribution is 2.22. The molecule has 0 aliphatic carbocycles. The molecule has 106 valence electrons. The van der Waals surface area contributed by atoms with E-state index in [1.807, 2.05) is 30.3 Å². The maximum atomic E-state index is 6.15. The average molecular weight is 271 g/mol. The summed E-state index contributed by atoms with van der Waals surface area (Å²) < 4.78 is 5.55. The Bertz CT molecular complexity index is 599. The van der Waals surface area contributed by atoms with Crippen LogP contribution in [0.5, 0.6) is 0 Å². The first-order valence-electron chi connectivity index (χ1n) is 7.24. The fourth-order valence-electron chi connectivity index (χ4n) is 2.82. The zero-order valence-electron chi connectivity index (χ0n) is 11.9. The van der Waals surface area contributed by atoms with Gasteiger partial charge in [-0.1, -0.05) is 25.1 Å². The van der Waals surface area contributed by atoms with E-state index in [0.717, 1.165) is 55.0 Å². The molecule has 1 fully saturated rings. The van der Waals surface area contributed by atoms with Crippen molar-refractivity contribution in [2.24, 2.45) is 0 Å². The first-order valence-corrected chi connectivity index (χ1v) is 7.24. The summed E-state index contributed by atoms with van der Waals surface area (Å²) in [4.78, 5) is 7.18. The van der Waals surface area contributed by atoms with Crippen molar-refractivity contribution in [2.45, 2.75) is 25.9 Å². The van der Waals surface area contributed by atoms with Crippen LogP contribution >= 0.6 is 0 Å². The van der Waals surface area contributed by atoms with Gasteiger partial charge in [0.2, 0.25) is 0 Å². The van der Waals surface area contributed by atoms with E-state index >= 15 is 0 Å². The number of fused-ring (bicyclic) bond motifs is 1. The molecule has 4 heteroatoms. The van der Waals surface area contributed by atoms with E-state index in [9.17, 15) is 0 Å². The quantitative estimate of drug-likeness (QED) is 0.931. The molecular weight excluding hydrogens is 250 g/mol. The molecule has 2 aromatic rings. The van der Waals surface area contributed by atoms with Crippen LogP contribution in [-0.4, -0.2) is 35.7 Å². The molecule has 1 aromatic heterocycles. The van der Waals surface area contributed by atoms with Gasteiger partial charge in [0.1, 0.15) is 0 Å². The van der Waals surface area contributed by atoms with Crippen LogP contribution in [0.2, 0.25) is 0 Å². The molecule has 0 amide bonds. The number of rotatable bonds is 3. The van der Waals surface area contributed by atoms with Crippen molar-refractivity contribution >= 4 is 16.6 Å². The van der Waals surface area contributed by atoms with E-state index in [-0.39, 0.29) is 0 Å². The van der Waals surface area contributed by atoms with Crippen LogP contribution in [-0.2, 0) is 11.3 Å². The molecule has 1 unspecified atom stereocenters. The van der Waals surface area contributed by atoms with Gasteiger partial charge < -0.3 is 10.5 Å². The van der Waals surface area contributed by atoms with E-state index in [0.29, 0.717) is 6.04 Å². The van der Waals surface area contributed by atoms with Crippen LogP contribution in [0.1, 0.15) is 19.0 Å². The van der Waals surface area contributed by atoms with Gasteiger partial charge in [0.15, 0.2) is 0 Å². The van der Waals surface area contributed by atoms with Crippen LogP contribution in [0.3, 0.4) is 0 Å². The van der Waals surface area contributed by atoms with Crippen molar-refractivity contribution < 1.29 is 4.74 Å². The summed E-state index contributed by atoms with van der Waals surface area (Å²) in [7, 11) is 0. The molecule has 4 nitrogen and oxygen atoms in total. The molecule has 3 rings (SSSR count). The second-order valence-corrected chi connectivity index (χ2v) is 5.33. The number of anilines is 1. The molecule has 1 atom stereocenters. The monoisotopic (exact) mass is 271 g/mol. The van der Waals surface area contributed by atoms with E-state index in [4.69, 9.17) is 15.5 Å². The molecule has 1 saturated heterocycles. The Balaban J connectivity index is 1.86. The Morgan fingerprint density at radius 1 is 1.40 bits per heavy atom. The number of nitrogen functional groups attached to an aromatic ring is 1. The molecule has 0 bridgehead atoms. The van der Waals surface area contributed by atoms with Crippen molar-refractivity contribution in [3.05, 3.63) is 36.0 Å². The third kappa shape index (κ3) is 2.62. The lowest BCUT2D eigenvalue weighted by atomic mass is 10.1. The third-order valence-corrected chi connectivity index (χ3v) is 3.99. The Morgan fingerprint density at radius 3 is 3.10 bits per heavy atom. The van der Waals surface area contributed by atoms with Gasteiger partial charge in [-0.25, -0.2) is 0 Å². The highest BCUT2D eigenvalue weighted by Gasteiger charge is 2.21. The molecule has 20 heavy (non-hydrogen) atoms. The largest absolute Gasteiger partial charge is 0.398 e. The highest BCUT2D eigenvalue weighted by atomic mass is 16.5. The van der Waals surface area contributed by atoms with Crippen molar-refractivity contribution in [3.8, 4) is 0 Å². The maximum Gasteiger partial charge on any atom is 0.0726 e. The van der Waals surface area contributed by atoms with Crippen LogP contribution in [0.25, 0.3) is 10.9 Å². The number of benzene rings is 1. The van der Waals surface area contributed by atoms with Gasteiger partial charge in [0, 0.05) is 30.2 Å². The summed E-state index contributed by atoms with van der Waals surface area (Å²) in [6, 6.07) is 10.5. The van der Waals surface area contributed by atoms with Crippen LogP contribution in [0.4, 0.5) is 5.69 Å². The lowest BCUT2D eigenvalue weighted by Gasteiger charge is -2.34. The topological polar surface area (TPSA) is 51.4 Å². The number of hydrogen-bond donors (Lipinski definition) is 1. The second-order valence-electron chi connectivity index (χ2n) is 5.33. The number of morpholine rings is 1. The van der Waals surface area contributed by atoms with E-state index < -0.39 is 0 Å². The standard InChI is InChI=1S/C16H21N3O/c1-2-13-11-20-8-7-19(13)10-12-9-15(17)14-5-3-4-6-16(14)18-12/h3-6,9,13H,2,7-8,10-11H2,1H3,(H2,17,18). The SMILES string of the molecule is CCC1COCCN1Cc1cc(N)c2ccccc2n1. The summed E-state index contributed by atoms with van der Waals surface area (Å²) >= 11 is 0. The fraction of sp³-hybridized carbons (Fsp3) is 0.438. The molecule has 0 saturated carbocycles. The first kappa shape index (κ1) is 13.3. The first-order chi connectivity index (χ1) is 9.78. The normalized spacial score (nSPS) is 20.4. The van der Waals surface area contributed by atoms with Gasteiger partial charge in [-0.3, -0.25) is 9.88 Å². The van der Waals surface area contributed by atoms with E-state index in [1.54, 1.807) is 0 Å². The lowest BCUT2D eigenvalue weighted by molar-refractivity contribution is -0.0132. The zero-order valence-corrected chi connectivity index (χ0v) is 11.9. The van der Waals surface area contributed by atoms with Crippen molar-refractivity contribution in [1.82, 2.24) is 9.88 Å². The number of para-hydroxylation sites is 1. The third-order valence-electron chi connectivity index (χ3n) is 3.99. The van der Waals surface area contributed by atoms with Crippen LogP contribution in [0, 0.1) is 0 Å². The Morgan fingerprint density at radius 2 is 2.25 bits per heavy atom. The minimum Gasteiger partial charge on any atom is -0.398 e. The summed E-state index contributed by atoms with van der Waals surface area (Å²) in [5.41, 5.74) is 8.98. The summed E-state index contributed by atoms with van der Waals surface area (Å²) in [5, 5.41) is 1.03. The molecule has 2 heterocycles. The molecule has 1 aromatic carbocycles. The molecule has 0 radical (unpaired) electrons. The number of ether oxygens (including phenoxy) is 1. The van der Waals surface area contributed by atoms with Crippen molar-refractivity contribution in [1.29, 1.82) is 0 Å². The van der Waals surface area contributed by atoms with Crippen LogP contribution < -0.4 is 5.73 Å². The van der Waals surface area contributed by atoms with Crippen molar-refractivity contribution in [3.63, 3.8) is 0 Å². The van der Waals surface area contributed by atoms with Gasteiger partial charge >= 0.3 is 0 Å². The minimum absolute atomic E-state index is 0.484. The highest BCUT2D eigenvalue weighted by molar-refractivity contribution is 5.90. The Labute approximate surface area is 119 Å². The summed E-state index contributed by atoms with van der Waals surface area (Å²) in [6.45, 7) is 5.64. The van der Waals surface area contributed by atoms with Gasteiger partial charge in [-0.05, 0) is 18.6 Å². The number of nitrogens with two attached hydrogens (primary N) is 1. The molecule has 1 aliphatic rings. The average Bonchev–Trinajstić information content (AvgIpc) is 2.48. The second kappa shape index (κ2) is 5.77. The Kier molecular flexibility index (Phi) is 3.85. The predicted molar refractivity (Wildman–Crippen MR) is 81.5 cm³/mol. The number of nitrogens with zero attached hydrogens (tertiary/aromatic N) is 2.